The number of aryl methyl sites for hydroxylation is 3. The summed E-state index contributed by atoms with van der Waals surface area (Å²) in [7, 11) is 0. The maximum Gasteiger partial charge on any atom is 0.251 e. The zero-order valence-corrected chi connectivity index (χ0v) is 19.6. The average molecular weight is 450 g/mol. The van der Waals surface area contributed by atoms with Crippen LogP contribution < -0.4 is 11.1 Å². The second-order valence-corrected chi connectivity index (χ2v) is 9.59. The third kappa shape index (κ3) is 3.21. The molecule has 0 saturated carbocycles. The molecule has 6 heteroatoms. The number of rotatable bonds is 5. The molecular weight excluding hydrogens is 422 g/mol. The van der Waals surface area contributed by atoms with E-state index in [0.29, 0.717) is 29.8 Å². The molecule has 6 nitrogen and oxygen atoms in total. The third-order valence-electron chi connectivity index (χ3n) is 7.28. The molecule has 0 saturated heterocycles. The van der Waals surface area contributed by atoms with Gasteiger partial charge in [-0.2, -0.15) is 5.10 Å². The Hall–Kier alpha value is -3.93. The minimum absolute atomic E-state index is 0.0655. The Morgan fingerprint density at radius 2 is 1.74 bits per heavy atom. The van der Waals surface area contributed by atoms with Crippen LogP contribution in [0.1, 0.15) is 72.4 Å². The van der Waals surface area contributed by atoms with Crippen molar-refractivity contribution in [2.45, 2.75) is 45.7 Å². The summed E-state index contributed by atoms with van der Waals surface area (Å²) < 4.78 is 1.98. The van der Waals surface area contributed by atoms with Crippen LogP contribution in [0.5, 0.6) is 0 Å². The zero-order chi connectivity index (χ0) is 23.6. The quantitative estimate of drug-likeness (QED) is 0.474. The molecule has 2 atom stereocenters. The van der Waals surface area contributed by atoms with E-state index >= 15 is 0 Å². The Kier molecular flexibility index (Phi) is 4.59. The van der Waals surface area contributed by atoms with E-state index in [1.54, 1.807) is 0 Å². The predicted molar refractivity (Wildman–Crippen MR) is 132 cm³/mol. The molecule has 1 amide bonds. The van der Waals surface area contributed by atoms with Crippen LogP contribution in [-0.2, 0) is 13.1 Å². The van der Waals surface area contributed by atoms with Gasteiger partial charge in [0.05, 0.1) is 12.7 Å². The van der Waals surface area contributed by atoms with Gasteiger partial charge in [0, 0.05) is 35.8 Å². The molecule has 170 valence electrons. The molecule has 0 spiro atoms. The van der Waals surface area contributed by atoms with Crippen molar-refractivity contribution in [2.24, 2.45) is 0 Å². The van der Waals surface area contributed by atoms with Gasteiger partial charge in [-0.15, -0.1) is 0 Å². The zero-order valence-electron chi connectivity index (χ0n) is 19.6. The summed E-state index contributed by atoms with van der Waals surface area (Å²) in [6.07, 6.45) is 3.95. The third-order valence-corrected chi connectivity index (χ3v) is 7.28. The first kappa shape index (κ1) is 20.7. The van der Waals surface area contributed by atoms with Gasteiger partial charge in [-0.05, 0) is 83.5 Å². The first-order valence-electron chi connectivity index (χ1n) is 11.7. The number of hydrogen-bond donors (Lipinski definition) is 2. The van der Waals surface area contributed by atoms with Crippen LogP contribution in [0.25, 0.3) is 0 Å². The second kappa shape index (κ2) is 7.55. The lowest BCUT2D eigenvalue weighted by molar-refractivity contribution is 0.0950. The smallest absolute Gasteiger partial charge is 0.251 e. The van der Waals surface area contributed by atoms with Crippen molar-refractivity contribution in [1.82, 2.24) is 20.1 Å². The number of amides is 1. The number of pyridine rings is 1. The fourth-order valence-corrected chi connectivity index (χ4v) is 5.57. The van der Waals surface area contributed by atoms with Gasteiger partial charge in [-0.25, -0.2) is 4.98 Å². The van der Waals surface area contributed by atoms with Crippen molar-refractivity contribution >= 4 is 11.7 Å². The van der Waals surface area contributed by atoms with E-state index in [9.17, 15) is 4.79 Å². The number of anilines is 1. The first-order chi connectivity index (χ1) is 16.4. The lowest BCUT2D eigenvalue weighted by Crippen LogP contribution is -2.36. The number of nitrogens with one attached hydrogen (secondary N) is 1. The molecule has 6 rings (SSSR count). The Morgan fingerprint density at radius 1 is 1.00 bits per heavy atom. The summed E-state index contributed by atoms with van der Waals surface area (Å²) in [6.45, 7) is 7.18. The Morgan fingerprint density at radius 3 is 2.47 bits per heavy atom. The lowest BCUT2D eigenvalue weighted by Gasteiger charge is -2.50. The number of nitrogens with two attached hydrogens (primary N) is 1. The van der Waals surface area contributed by atoms with Crippen LogP contribution >= 0.6 is 0 Å². The van der Waals surface area contributed by atoms with Crippen LogP contribution in [0.4, 0.5) is 5.82 Å². The maximum absolute atomic E-state index is 12.9. The topological polar surface area (TPSA) is 85.8 Å². The fraction of sp³-hybridized carbons (Fsp3) is 0.250. The Bertz CT molecular complexity index is 1440. The summed E-state index contributed by atoms with van der Waals surface area (Å²) in [6, 6.07) is 14.8. The van der Waals surface area contributed by atoms with Crippen molar-refractivity contribution in [3.05, 3.63) is 111 Å². The number of benzene rings is 2. The number of nitrogens with zero attached hydrogens (tertiary/aromatic N) is 3. The lowest BCUT2D eigenvalue weighted by atomic mass is 9.52. The normalized spacial score (nSPS) is 17.1. The van der Waals surface area contributed by atoms with Gasteiger partial charge in [-0.3, -0.25) is 9.48 Å². The number of aromatic nitrogens is 3. The number of hydrogen-bond acceptors (Lipinski definition) is 4. The van der Waals surface area contributed by atoms with Gasteiger partial charge in [-0.1, -0.05) is 24.3 Å². The minimum atomic E-state index is -0.0655. The maximum atomic E-state index is 12.9. The largest absolute Gasteiger partial charge is 0.384 e. The molecule has 2 aliphatic rings. The molecule has 4 aromatic rings. The summed E-state index contributed by atoms with van der Waals surface area (Å²) in [4.78, 5) is 17.3. The van der Waals surface area contributed by atoms with Gasteiger partial charge in [0.2, 0.25) is 0 Å². The van der Waals surface area contributed by atoms with E-state index in [-0.39, 0.29) is 5.91 Å². The number of carbonyl (C=O) groups excluding carboxylic acids is 1. The van der Waals surface area contributed by atoms with E-state index in [1.807, 2.05) is 36.9 Å². The monoisotopic (exact) mass is 449 g/mol. The van der Waals surface area contributed by atoms with E-state index in [0.717, 1.165) is 23.4 Å². The molecule has 2 aromatic heterocycles. The second-order valence-electron chi connectivity index (χ2n) is 9.59. The Labute approximate surface area is 198 Å². The van der Waals surface area contributed by atoms with E-state index in [4.69, 9.17) is 5.73 Å². The number of carbonyl (C=O) groups is 1. The van der Waals surface area contributed by atoms with Crippen LogP contribution in [0.2, 0.25) is 0 Å². The molecule has 0 fully saturated rings. The summed E-state index contributed by atoms with van der Waals surface area (Å²) in [5.41, 5.74) is 17.3. The standard InChI is InChI=1S/C28H27N5O/c1-15-11-31-33(13-15)14-18-4-6-20-22(9-18)27-23-10-19(5-7-21(23)26(20)27)28(34)30-12-24-16(2)8-25(29)32-17(24)3/h4-11,13,26-27H,12,14H2,1-3H3,(H2,29,32)(H,30,34)/t26-,27?/m0/s1. The Balaban J connectivity index is 1.19. The molecular formula is C28H27N5O. The van der Waals surface area contributed by atoms with Gasteiger partial charge in [0.1, 0.15) is 5.82 Å². The minimum Gasteiger partial charge on any atom is -0.384 e. The first-order valence-corrected chi connectivity index (χ1v) is 11.7. The van der Waals surface area contributed by atoms with Gasteiger partial charge < -0.3 is 11.1 Å². The van der Waals surface area contributed by atoms with Gasteiger partial charge >= 0.3 is 0 Å². The number of fused-ring (bicyclic) bond motifs is 7. The predicted octanol–water partition coefficient (Wildman–Crippen LogP) is 4.35. The fourth-order valence-electron chi connectivity index (χ4n) is 5.57. The average Bonchev–Trinajstić information content (AvgIpc) is 3.17. The van der Waals surface area contributed by atoms with E-state index < -0.39 is 0 Å². The van der Waals surface area contributed by atoms with E-state index in [1.165, 1.54) is 33.4 Å². The molecule has 3 N–H and O–H groups in total. The van der Waals surface area contributed by atoms with Gasteiger partial charge in [0.25, 0.3) is 5.91 Å². The molecule has 2 aromatic carbocycles. The van der Waals surface area contributed by atoms with Crippen LogP contribution in [0, 0.1) is 20.8 Å². The highest BCUT2D eigenvalue weighted by Crippen LogP contribution is 2.63. The molecule has 2 aliphatic carbocycles. The van der Waals surface area contributed by atoms with Gasteiger partial charge in [0.15, 0.2) is 0 Å². The van der Waals surface area contributed by atoms with E-state index in [2.05, 4.69) is 58.9 Å². The summed E-state index contributed by atoms with van der Waals surface area (Å²) >= 11 is 0. The van der Waals surface area contributed by atoms with Crippen molar-refractivity contribution in [2.75, 3.05) is 5.73 Å². The van der Waals surface area contributed by atoms with Crippen molar-refractivity contribution < 1.29 is 4.79 Å². The molecule has 0 radical (unpaired) electrons. The molecule has 0 aliphatic heterocycles. The molecule has 0 bridgehead atoms. The highest BCUT2D eigenvalue weighted by molar-refractivity contribution is 5.95. The van der Waals surface area contributed by atoms with Crippen molar-refractivity contribution in [3.8, 4) is 0 Å². The van der Waals surface area contributed by atoms with Crippen LogP contribution in [0.3, 0.4) is 0 Å². The van der Waals surface area contributed by atoms with Crippen molar-refractivity contribution in [3.63, 3.8) is 0 Å². The van der Waals surface area contributed by atoms with Crippen LogP contribution in [0.15, 0.2) is 54.9 Å². The molecule has 34 heavy (non-hydrogen) atoms. The molecule has 2 heterocycles. The summed E-state index contributed by atoms with van der Waals surface area (Å²) in [5.74, 6) is 1.30. The number of nitrogen functional groups attached to an aromatic ring is 1. The summed E-state index contributed by atoms with van der Waals surface area (Å²) in [5, 5.41) is 7.47. The van der Waals surface area contributed by atoms with Crippen molar-refractivity contribution in [1.29, 1.82) is 0 Å². The molecule has 1 unspecified atom stereocenters. The SMILES string of the molecule is Cc1cnn(Cc2ccc3c(c2)C2c4cc(C(=O)NCc5c(C)cc(N)nc5C)ccc4[C@H]32)c1. The van der Waals surface area contributed by atoms with Crippen LogP contribution in [-0.4, -0.2) is 20.7 Å². The highest BCUT2D eigenvalue weighted by atomic mass is 16.1. The highest BCUT2D eigenvalue weighted by Gasteiger charge is 2.49.